The van der Waals surface area contributed by atoms with Crippen LogP contribution in [-0.4, -0.2) is 67.3 Å². The average molecular weight is 352 g/mol. The Morgan fingerprint density at radius 2 is 2.00 bits per heavy atom. The number of primary amides is 1. The minimum Gasteiger partial charge on any atom is -0.493 e. The van der Waals surface area contributed by atoms with Gasteiger partial charge in [-0.15, -0.1) is 0 Å². The van der Waals surface area contributed by atoms with Crippen molar-refractivity contribution in [1.82, 2.24) is 4.90 Å². The summed E-state index contributed by atoms with van der Waals surface area (Å²) < 4.78 is 15.5. The molecule has 0 bridgehead atoms. The van der Waals surface area contributed by atoms with Crippen LogP contribution in [0.25, 0.3) is 0 Å². The molecule has 3 N–H and O–H groups in total. The van der Waals surface area contributed by atoms with Crippen LogP contribution in [0.5, 0.6) is 11.5 Å². The highest BCUT2D eigenvalue weighted by atomic mass is 16.5. The molecular weight excluding hydrogens is 332 g/mol. The number of nitrogens with zero attached hydrogens (tertiary/aromatic N) is 1. The zero-order chi connectivity index (χ0) is 18.6. The van der Waals surface area contributed by atoms with E-state index in [4.69, 9.17) is 19.9 Å². The molecule has 9 heteroatoms. The molecule has 0 spiro atoms. The van der Waals surface area contributed by atoms with Crippen LogP contribution in [0.15, 0.2) is 18.2 Å². The molecule has 0 aliphatic carbocycles. The van der Waals surface area contributed by atoms with Gasteiger partial charge >= 0.3 is 5.97 Å². The number of hydrogen-bond acceptors (Lipinski definition) is 6. The minimum absolute atomic E-state index is 0.189. The Morgan fingerprint density at radius 3 is 2.56 bits per heavy atom. The number of rotatable bonds is 7. The molecule has 2 rings (SSSR count). The molecule has 9 nitrogen and oxygen atoms in total. The minimum atomic E-state index is -1.08. The third-order valence-electron chi connectivity index (χ3n) is 3.92. The highest BCUT2D eigenvalue weighted by Gasteiger charge is 2.40. The highest BCUT2D eigenvalue weighted by Crippen LogP contribution is 2.30. The number of methoxy groups -OCH3 is 2. The van der Waals surface area contributed by atoms with Gasteiger partial charge in [-0.2, -0.15) is 0 Å². The third kappa shape index (κ3) is 4.18. The zero-order valence-corrected chi connectivity index (χ0v) is 13.9. The summed E-state index contributed by atoms with van der Waals surface area (Å²) in [5, 5.41) is 9.32. The van der Waals surface area contributed by atoms with Gasteiger partial charge in [0.05, 0.1) is 13.2 Å². The number of benzene rings is 1. The Balaban J connectivity index is 2.23. The van der Waals surface area contributed by atoms with E-state index in [2.05, 4.69) is 0 Å². The standard InChI is InChI=1S/C16H20N2O7/c1-23-10-6-11(16(21)22)18(7-10)15(20)9-3-4-12(13(5-9)24-2)25-8-14(17)19/h3-5,10-11H,6-8H2,1-2H3,(H2,17,19)(H,21,22). The first kappa shape index (κ1) is 18.5. The van der Waals surface area contributed by atoms with E-state index >= 15 is 0 Å². The third-order valence-corrected chi connectivity index (χ3v) is 3.92. The summed E-state index contributed by atoms with van der Waals surface area (Å²) in [5.41, 5.74) is 5.27. The van der Waals surface area contributed by atoms with Gasteiger partial charge in [0.15, 0.2) is 18.1 Å². The molecule has 2 atom stereocenters. The number of carboxylic acids is 1. The second-order valence-corrected chi connectivity index (χ2v) is 5.53. The molecule has 1 heterocycles. The highest BCUT2D eigenvalue weighted by molar-refractivity contribution is 5.97. The smallest absolute Gasteiger partial charge is 0.326 e. The Bertz CT molecular complexity index is 676. The van der Waals surface area contributed by atoms with Crippen molar-refractivity contribution in [3.05, 3.63) is 23.8 Å². The molecule has 2 unspecified atom stereocenters. The van der Waals surface area contributed by atoms with E-state index in [9.17, 15) is 19.5 Å². The average Bonchev–Trinajstić information content (AvgIpc) is 3.03. The summed E-state index contributed by atoms with van der Waals surface area (Å²) in [6.07, 6.45) is -0.0979. The van der Waals surface area contributed by atoms with Crippen molar-refractivity contribution in [2.24, 2.45) is 5.73 Å². The summed E-state index contributed by atoms with van der Waals surface area (Å²) in [6.45, 7) is -0.138. The number of hydrogen-bond donors (Lipinski definition) is 2. The summed E-state index contributed by atoms with van der Waals surface area (Å²) in [5.74, 6) is -1.69. The van der Waals surface area contributed by atoms with Gasteiger partial charge in [-0.25, -0.2) is 4.79 Å². The second kappa shape index (κ2) is 7.84. The molecule has 1 aromatic carbocycles. The van der Waals surface area contributed by atoms with Crippen molar-refractivity contribution in [2.45, 2.75) is 18.6 Å². The SMILES string of the molecule is COc1cc(C(=O)N2CC(OC)CC2C(=O)O)ccc1OCC(N)=O. The molecule has 0 saturated carbocycles. The quantitative estimate of drug-likeness (QED) is 0.699. The van der Waals surface area contributed by atoms with Crippen molar-refractivity contribution < 1.29 is 33.7 Å². The van der Waals surface area contributed by atoms with Gasteiger partial charge in [-0.1, -0.05) is 0 Å². The molecule has 136 valence electrons. The number of amides is 2. The number of ether oxygens (including phenoxy) is 3. The van der Waals surface area contributed by atoms with Crippen LogP contribution >= 0.6 is 0 Å². The molecule has 2 amide bonds. The lowest BCUT2D eigenvalue weighted by molar-refractivity contribution is -0.141. The Hall–Kier alpha value is -2.81. The fraction of sp³-hybridized carbons (Fsp3) is 0.438. The van der Waals surface area contributed by atoms with Crippen LogP contribution in [-0.2, 0) is 14.3 Å². The van der Waals surface area contributed by atoms with Crippen LogP contribution in [0.4, 0.5) is 0 Å². The Labute approximate surface area is 144 Å². The van der Waals surface area contributed by atoms with Crippen molar-refractivity contribution in [1.29, 1.82) is 0 Å². The summed E-state index contributed by atoms with van der Waals surface area (Å²) >= 11 is 0. The van der Waals surface area contributed by atoms with Gasteiger partial charge in [-0.05, 0) is 18.2 Å². The van der Waals surface area contributed by atoms with Crippen molar-refractivity contribution in [2.75, 3.05) is 27.4 Å². The second-order valence-electron chi connectivity index (χ2n) is 5.53. The molecule has 0 aromatic heterocycles. The van der Waals surface area contributed by atoms with Crippen molar-refractivity contribution >= 4 is 17.8 Å². The van der Waals surface area contributed by atoms with Crippen LogP contribution in [0, 0.1) is 0 Å². The first-order valence-electron chi connectivity index (χ1n) is 7.53. The molecule has 1 saturated heterocycles. The number of carbonyl (C=O) groups excluding carboxylic acids is 2. The van der Waals surface area contributed by atoms with E-state index in [1.807, 2.05) is 0 Å². The first-order valence-corrected chi connectivity index (χ1v) is 7.53. The predicted octanol–water partition coefficient (Wildman–Crippen LogP) is -0.127. The molecular formula is C16H20N2O7. The van der Waals surface area contributed by atoms with E-state index in [1.165, 1.54) is 37.3 Å². The lowest BCUT2D eigenvalue weighted by atomic mass is 10.1. The molecule has 0 radical (unpaired) electrons. The Kier molecular flexibility index (Phi) is 5.81. The summed E-state index contributed by atoms with van der Waals surface area (Å²) in [4.78, 5) is 36.2. The summed E-state index contributed by atoms with van der Waals surface area (Å²) in [7, 11) is 2.86. The normalized spacial score (nSPS) is 19.5. The predicted molar refractivity (Wildman–Crippen MR) is 85.6 cm³/mol. The first-order chi connectivity index (χ1) is 11.9. The maximum atomic E-state index is 12.7. The van der Waals surface area contributed by atoms with E-state index in [0.29, 0.717) is 0 Å². The maximum Gasteiger partial charge on any atom is 0.326 e. The van der Waals surface area contributed by atoms with Gasteiger partial charge in [0, 0.05) is 25.6 Å². The number of aliphatic carboxylic acids is 1. The van der Waals surface area contributed by atoms with Crippen LogP contribution in [0.3, 0.4) is 0 Å². The van der Waals surface area contributed by atoms with Gasteiger partial charge in [0.1, 0.15) is 6.04 Å². The van der Waals surface area contributed by atoms with E-state index < -0.39 is 23.8 Å². The molecule has 1 aromatic rings. The van der Waals surface area contributed by atoms with Gasteiger partial charge in [-0.3, -0.25) is 9.59 Å². The number of carboxylic acid groups (broad SMARTS) is 1. The summed E-state index contributed by atoms with van der Waals surface area (Å²) in [6, 6.07) is 3.42. The zero-order valence-electron chi connectivity index (χ0n) is 13.9. The molecule has 25 heavy (non-hydrogen) atoms. The molecule has 1 aliphatic rings. The fourth-order valence-electron chi connectivity index (χ4n) is 2.66. The Morgan fingerprint density at radius 1 is 1.28 bits per heavy atom. The maximum absolute atomic E-state index is 12.7. The topological polar surface area (TPSA) is 128 Å². The van der Waals surface area contributed by atoms with E-state index in [1.54, 1.807) is 0 Å². The van der Waals surface area contributed by atoms with Crippen LogP contribution in [0.1, 0.15) is 16.8 Å². The van der Waals surface area contributed by atoms with Gasteiger partial charge in [0.25, 0.3) is 11.8 Å². The monoisotopic (exact) mass is 352 g/mol. The van der Waals surface area contributed by atoms with Gasteiger partial charge < -0.3 is 30.0 Å². The fourth-order valence-corrected chi connectivity index (χ4v) is 2.66. The van der Waals surface area contributed by atoms with Crippen LogP contribution < -0.4 is 15.2 Å². The lowest BCUT2D eigenvalue weighted by Crippen LogP contribution is -2.40. The van der Waals surface area contributed by atoms with E-state index in [-0.39, 0.29) is 42.7 Å². The lowest BCUT2D eigenvalue weighted by Gasteiger charge is -2.21. The number of likely N-dealkylation sites (tertiary alicyclic amines) is 1. The van der Waals surface area contributed by atoms with Crippen molar-refractivity contribution in [3.8, 4) is 11.5 Å². The number of carbonyl (C=O) groups is 3. The van der Waals surface area contributed by atoms with Gasteiger partial charge in [0.2, 0.25) is 0 Å². The van der Waals surface area contributed by atoms with Crippen molar-refractivity contribution in [3.63, 3.8) is 0 Å². The van der Waals surface area contributed by atoms with E-state index in [0.717, 1.165) is 0 Å². The van der Waals surface area contributed by atoms with Crippen LogP contribution in [0.2, 0.25) is 0 Å². The molecule has 1 fully saturated rings. The molecule has 1 aliphatic heterocycles. The largest absolute Gasteiger partial charge is 0.493 e. The number of nitrogens with two attached hydrogens (primary N) is 1.